The van der Waals surface area contributed by atoms with Crippen LogP contribution in [0.4, 0.5) is 0 Å². The molecule has 94 valence electrons. The molecule has 3 heteroatoms. The van der Waals surface area contributed by atoms with Crippen LogP contribution >= 0.6 is 0 Å². The minimum Gasteiger partial charge on any atom is -0.458 e. The molecule has 3 aromatic rings. The summed E-state index contributed by atoms with van der Waals surface area (Å²) in [5, 5.41) is 1.13. The van der Waals surface area contributed by atoms with E-state index in [2.05, 4.69) is 55.9 Å². The molecule has 18 heavy (non-hydrogen) atoms. The zero-order valence-electron chi connectivity index (χ0n) is 11.2. The number of benzene rings is 1. The number of aromatic nitrogens is 2. The number of imidazole rings is 1. The highest BCUT2D eigenvalue weighted by molar-refractivity contribution is 6.00. The fraction of sp³-hybridized carbons (Fsp3) is 0.400. The van der Waals surface area contributed by atoms with Gasteiger partial charge < -0.3 is 9.40 Å². The van der Waals surface area contributed by atoms with Crippen LogP contribution in [0.3, 0.4) is 0 Å². The van der Waals surface area contributed by atoms with Crippen molar-refractivity contribution in [3.63, 3.8) is 0 Å². The molecule has 0 unspecified atom stereocenters. The van der Waals surface area contributed by atoms with Gasteiger partial charge in [-0.25, -0.2) is 4.98 Å². The van der Waals surface area contributed by atoms with Gasteiger partial charge in [0.25, 0.3) is 0 Å². The summed E-state index contributed by atoms with van der Waals surface area (Å²) in [6.45, 7) is 8.55. The molecule has 0 aliphatic carbocycles. The van der Waals surface area contributed by atoms with Crippen LogP contribution in [0.1, 0.15) is 51.1 Å². The van der Waals surface area contributed by atoms with E-state index in [1.807, 2.05) is 0 Å². The molecule has 0 radical (unpaired) electrons. The Balaban J connectivity index is 2.30. The van der Waals surface area contributed by atoms with Gasteiger partial charge in [-0.05, 0) is 18.2 Å². The van der Waals surface area contributed by atoms with Crippen LogP contribution in [0.15, 0.2) is 22.6 Å². The Hall–Kier alpha value is -1.77. The highest BCUT2D eigenvalue weighted by Crippen LogP contribution is 2.30. The summed E-state index contributed by atoms with van der Waals surface area (Å²) in [6.07, 6.45) is 0. The van der Waals surface area contributed by atoms with E-state index >= 15 is 0 Å². The second-order valence-electron chi connectivity index (χ2n) is 5.46. The van der Waals surface area contributed by atoms with E-state index in [1.165, 1.54) is 0 Å². The lowest BCUT2D eigenvalue weighted by Crippen LogP contribution is -1.88. The van der Waals surface area contributed by atoms with Gasteiger partial charge in [-0.2, -0.15) is 0 Å². The lowest BCUT2D eigenvalue weighted by atomic mass is 10.1. The van der Waals surface area contributed by atoms with Gasteiger partial charge in [-0.1, -0.05) is 27.7 Å². The molecule has 0 amide bonds. The first-order chi connectivity index (χ1) is 8.56. The number of H-pyrrole nitrogens is 1. The highest BCUT2D eigenvalue weighted by Gasteiger charge is 2.14. The number of hydrogen-bond donors (Lipinski definition) is 1. The standard InChI is InChI=1S/C15H18N2O/c1-8(2)12-7-10-5-6-11-13(14(10)18-12)17-15(16-11)9(3)4/h5-9H,1-4H3,(H,16,17). The average molecular weight is 242 g/mol. The summed E-state index contributed by atoms with van der Waals surface area (Å²) in [6, 6.07) is 6.29. The lowest BCUT2D eigenvalue weighted by molar-refractivity contribution is 0.523. The molecule has 2 aromatic heterocycles. The third-order valence-corrected chi connectivity index (χ3v) is 3.29. The van der Waals surface area contributed by atoms with Crippen molar-refractivity contribution in [3.05, 3.63) is 29.8 Å². The number of hydrogen-bond acceptors (Lipinski definition) is 2. The SMILES string of the molecule is CC(C)c1nc2c(ccc3cc(C(C)C)oc32)[nH]1. The van der Waals surface area contributed by atoms with Crippen LogP contribution in [-0.4, -0.2) is 9.97 Å². The van der Waals surface area contributed by atoms with Gasteiger partial charge in [0, 0.05) is 17.2 Å². The molecule has 0 aliphatic rings. The lowest BCUT2D eigenvalue weighted by Gasteiger charge is -1.96. The van der Waals surface area contributed by atoms with Crippen LogP contribution < -0.4 is 0 Å². The van der Waals surface area contributed by atoms with Gasteiger partial charge >= 0.3 is 0 Å². The van der Waals surface area contributed by atoms with E-state index < -0.39 is 0 Å². The van der Waals surface area contributed by atoms with Gasteiger partial charge in [0.15, 0.2) is 5.58 Å². The first kappa shape index (κ1) is 11.3. The van der Waals surface area contributed by atoms with Gasteiger partial charge in [0.1, 0.15) is 17.1 Å². The van der Waals surface area contributed by atoms with Crippen molar-refractivity contribution in [2.45, 2.75) is 39.5 Å². The molecule has 3 nitrogen and oxygen atoms in total. The van der Waals surface area contributed by atoms with Crippen LogP contribution in [0.2, 0.25) is 0 Å². The van der Waals surface area contributed by atoms with E-state index in [1.54, 1.807) is 0 Å². The predicted octanol–water partition coefficient (Wildman–Crippen LogP) is 4.56. The Kier molecular flexibility index (Phi) is 2.44. The second kappa shape index (κ2) is 3.87. The largest absolute Gasteiger partial charge is 0.458 e. The van der Waals surface area contributed by atoms with Crippen LogP contribution in [-0.2, 0) is 0 Å². The molecule has 0 spiro atoms. The van der Waals surface area contributed by atoms with Crippen LogP contribution in [0, 0.1) is 0 Å². The Morgan fingerprint density at radius 3 is 2.56 bits per heavy atom. The molecular weight excluding hydrogens is 224 g/mol. The molecule has 0 fully saturated rings. The Morgan fingerprint density at radius 1 is 1.11 bits per heavy atom. The monoisotopic (exact) mass is 242 g/mol. The zero-order chi connectivity index (χ0) is 12.9. The smallest absolute Gasteiger partial charge is 0.162 e. The first-order valence-electron chi connectivity index (χ1n) is 6.48. The highest BCUT2D eigenvalue weighted by atomic mass is 16.3. The van der Waals surface area contributed by atoms with E-state index in [9.17, 15) is 0 Å². The number of nitrogens with zero attached hydrogens (tertiary/aromatic N) is 1. The normalized spacial score (nSPS) is 12.3. The summed E-state index contributed by atoms with van der Waals surface area (Å²) in [5.41, 5.74) is 2.90. The first-order valence-corrected chi connectivity index (χ1v) is 6.48. The number of nitrogens with one attached hydrogen (secondary N) is 1. The van der Waals surface area contributed by atoms with E-state index in [0.29, 0.717) is 11.8 Å². The number of furan rings is 1. The Labute approximate surface area is 106 Å². The van der Waals surface area contributed by atoms with Crippen molar-refractivity contribution in [2.75, 3.05) is 0 Å². The molecule has 3 rings (SSSR count). The molecule has 1 N–H and O–H groups in total. The minimum atomic E-state index is 0.395. The van der Waals surface area contributed by atoms with Crippen LogP contribution in [0.5, 0.6) is 0 Å². The van der Waals surface area contributed by atoms with E-state index in [0.717, 1.165) is 33.6 Å². The fourth-order valence-corrected chi connectivity index (χ4v) is 2.16. The maximum absolute atomic E-state index is 5.95. The Bertz CT molecular complexity index is 642. The fourth-order valence-electron chi connectivity index (χ4n) is 2.16. The molecular formula is C15H18N2O. The third-order valence-electron chi connectivity index (χ3n) is 3.29. The number of aromatic amines is 1. The van der Waals surface area contributed by atoms with Crippen molar-refractivity contribution in [3.8, 4) is 0 Å². The van der Waals surface area contributed by atoms with Gasteiger partial charge in [-0.15, -0.1) is 0 Å². The molecule has 0 atom stereocenters. The summed E-state index contributed by atoms with van der Waals surface area (Å²) < 4.78 is 5.95. The van der Waals surface area contributed by atoms with Crippen molar-refractivity contribution < 1.29 is 4.42 Å². The summed E-state index contributed by atoms with van der Waals surface area (Å²) >= 11 is 0. The van der Waals surface area contributed by atoms with Crippen molar-refractivity contribution in [2.24, 2.45) is 0 Å². The number of fused-ring (bicyclic) bond motifs is 3. The maximum atomic E-state index is 5.95. The topological polar surface area (TPSA) is 41.8 Å². The van der Waals surface area contributed by atoms with E-state index in [4.69, 9.17) is 4.42 Å². The van der Waals surface area contributed by atoms with Crippen molar-refractivity contribution in [1.29, 1.82) is 0 Å². The average Bonchev–Trinajstić information content (AvgIpc) is 2.91. The number of rotatable bonds is 2. The van der Waals surface area contributed by atoms with E-state index in [-0.39, 0.29) is 0 Å². The Morgan fingerprint density at radius 2 is 1.89 bits per heavy atom. The summed E-state index contributed by atoms with van der Waals surface area (Å²) in [4.78, 5) is 8.02. The molecule has 2 heterocycles. The zero-order valence-corrected chi connectivity index (χ0v) is 11.2. The van der Waals surface area contributed by atoms with Gasteiger partial charge in [0.05, 0.1) is 5.52 Å². The second-order valence-corrected chi connectivity index (χ2v) is 5.46. The molecule has 0 aliphatic heterocycles. The maximum Gasteiger partial charge on any atom is 0.162 e. The molecule has 0 saturated heterocycles. The van der Waals surface area contributed by atoms with Crippen molar-refractivity contribution in [1.82, 2.24) is 9.97 Å². The predicted molar refractivity (Wildman–Crippen MR) is 74.0 cm³/mol. The van der Waals surface area contributed by atoms with Gasteiger partial charge in [0.2, 0.25) is 0 Å². The summed E-state index contributed by atoms with van der Waals surface area (Å²) in [7, 11) is 0. The minimum absolute atomic E-state index is 0.395. The van der Waals surface area contributed by atoms with Gasteiger partial charge in [-0.3, -0.25) is 0 Å². The van der Waals surface area contributed by atoms with Crippen LogP contribution in [0.25, 0.3) is 22.0 Å². The quantitative estimate of drug-likeness (QED) is 0.716. The van der Waals surface area contributed by atoms with Crippen molar-refractivity contribution >= 4 is 22.0 Å². The molecule has 1 aromatic carbocycles. The molecule has 0 bridgehead atoms. The third kappa shape index (κ3) is 1.62. The molecule has 0 saturated carbocycles. The summed E-state index contributed by atoms with van der Waals surface area (Å²) in [5.74, 6) is 2.83.